The van der Waals surface area contributed by atoms with Gasteiger partial charge in [-0.1, -0.05) is 6.07 Å². The number of rotatable bonds is 5. The fourth-order valence-electron chi connectivity index (χ4n) is 2.21. The van der Waals surface area contributed by atoms with Gasteiger partial charge in [0.05, 0.1) is 16.1 Å². The summed E-state index contributed by atoms with van der Waals surface area (Å²) in [5.74, 6) is 0.160. The van der Waals surface area contributed by atoms with E-state index in [1.54, 1.807) is 31.2 Å². The first kappa shape index (κ1) is 16.1. The first-order valence-electron chi connectivity index (χ1n) is 7.62. The van der Waals surface area contributed by atoms with Gasteiger partial charge in [0.25, 0.3) is 11.8 Å². The molecular weight excluding hydrogens is 356 g/mol. The average Bonchev–Trinajstić information content (AvgIpc) is 3.43. The number of hydrogen-bond acceptors (Lipinski definition) is 9. The van der Waals surface area contributed by atoms with Gasteiger partial charge in [0.15, 0.2) is 6.10 Å². The quantitative estimate of drug-likeness (QED) is 0.495. The molecule has 1 atom stereocenters. The minimum Gasteiger partial charge on any atom is -0.449 e. The van der Waals surface area contributed by atoms with Crippen LogP contribution in [0, 0.1) is 0 Å². The molecule has 0 saturated carbocycles. The average molecular weight is 368 g/mol. The fourth-order valence-corrected chi connectivity index (χ4v) is 2.85. The zero-order valence-electron chi connectivity index (χ0n) is 13.5. The summed E-state index contributed by atoms with van der Waals surface area (Å²) >= 11 is 1.49. The molecule has 4 rings (SSSR count). The van der Waals surface area contributed by atoms with Crippen molar-refractivity contribution >= 4 is 17.3 Å². The number of benzene rings is 1. The highest BCUT2D eigenvalue weighted by Gasteiger charge is 2.20. The molecule has 0 aliphatic rings. The van der Waals surface area contributed by atoms with Gasteiger partial charge in [-0.15, -0.1) is 26.6 Å². The number of aromatic nitrogens is 6. The number of ether oxygens (including phenoxy) is 1. The van der Waals surface area contributed by atoms with E-state index < -0.39 is 12.1 Å². The highest BCUT2D eigenvalue weighted by Crippen LogP contribution is 2.26. The van der Waals surface area contributed by atoms with E-state index in [2.05, 4.69) is 25.7 Å². The molecule has 3 aromatic heterocycles. The molecule has 4 aromatic rings. The molecular formula is C16H12N6O3S. The van der Waals surface area contributed by atoms with Crippen molar-refractivity contribution in [1.82, 2.24) is 30.4 Å². The molecule has 10 heteroatoms. The number of carbonyl (C=O) groups excluding carboxylic acids is 1. The first-order chi connectivity index (χ1) is 12.7. The smallest absolute Gasteiger partial charge is 0.338 e. The number of carbonyl (C=O) groups is 1. The van der Waals surface area contributed by atoms with Gasteiger partial charge in [-0.25, -0.2) is 9.48 Å². The second-order valence-electron chi connectivity index (χ2n) is 5.27. The number of hydrogen-bond donors (Lipinski definition) is 0. The van der Waals surface area contributed by atoms with Crippen molar-refractivity contribution in [1.29, 1.82) is 0 Å². The minimum absolute atomic E-state index is 0.243. The summed E-state index contributed by atoms with van der Waals surface area (Å²) in [7, 11) is 0. The predicted molar refractivity (Wildman–Crippen MR) is 90.6 cm³/mol. The molecule has 0 N–H and O–H groups in total. The standard InChI is InChI=1S/C16H12N6O3S/c1-10(14-18-19-15(25-14)13-3-2-8-26-13)24-16(23)11-4-6-12(7-5-11)22-9-17-20-21-22/h2-10H,1H3/t10-/m0/s1. The van der Waals surface area contributed by atoms with Crippen LogP contribution in [0.3, 0.4) is 0 Å². The Bertz CT molecular complexity index is 995. The molecule has 0 radical (unpaired) electrons. The van der Waals surface area contributed by atoms with Crippen LogP contribution in [0.25, 0.3) is 16.5 Å². The Morgan fingerprint density at radius 3 is 2.77 bits per heavy atom. The summed E-state index contributed by atoms with van der Waals surface area (Å²) < 4.78 is 12.5. The van der Waals surface area contributed by atoms with Gasteiger partial charge in [-0.05, 0) is 53.1 Å². The lowest BCUT2D eigenvalue weighted by Gasteiger charge is -2.09. The van der Waals surface area contributed by atoms with E-state index in [9.17, 15) is 4.79 Å². The first-order valence-corrected chi connectivity index (χ1v) is 8.50. The maximum absolute atomic E-state index is 12.3. The zero-order valence-corrected chi connectivity index (χ0v) is 14.3. The van der Waals surface area contributed by atoms with Crippen molar-refractivity contribution in [2.75, 3.05) is 0 Å². The summed E-state index contributed by atoms with van der Waals surface area (Å²) in [5, 5.41) is 20.8. The second kappa shape index (κ2) is 6.84. The number of nitrogens with zero attached hydrogens (tertiary/aromatic N) is 6. The Balaban J connectivity index is 1.44. The van der Waals surface area contributed by atoms with Gasteiger partial charge >= 0.3 is 5.97 Å². The number of thiophene rings is 1. The van der Waals surface area contributed by atoms with E-state index in [1.165, 1.54) is 22.3 Å². The third-order valence-electron chi connectivity index (χ3n) is 3.52. The highest BCUT2D eigenvalue weighted by molar-refractivity contribution is 7.13. The summed E-state index contributed by atoms with van der Waals surface area (Å²) in [4.78, 5) is 13.2. The minimum atomic E-state index is -0.664. The molecule has 0 amide bonds. The van der Waals surface area contributed by atoms with E-state index in [4.69, 9.17) is 9.15 Å². The van der Waals surface area contributed by atoms with Crippen LogP contribution in [-0.2, 0) is 4.74 Å². The van der Waals surface area contributed by atoms with Crippen LogP contribution in [0.5, 0.6) is 0 Å². The van der Waals surface area contributed by atoms with Gasteiger partial charge in [0, 0.05) is 0 Å². The Morgan fingerprint density at radius 2 is 2.08 bits per heavy atom. The van der Waals surface area contributed by atoms with Crippen LogP contribution < -0.4 is 0 Å². The summed E-state index contributed by atoms with van der Waals surface area (Å²) in [6, 6.07) is 10.5. The third-order valence-corrected chi connectivity index (χ3v) is 4.38. The van der Waals surface area contributed by atoms with Crippen LogP contribution in [0.4, 0.5) is 0 Å². The van der Waals surface area contributed by atoms with Crippen LogP contribution in [0.15, 0.2) is 52.5 Å². The summed E-state index contributed by atoms with van der Waals surface area (Å²) in [6.07, 6.45) is 0.804. The largest absolute Gasteiger partial charge is 0.449 e. The molecule has 0 bridgehead atoms. The lowest BCUT2D eigenvalue weighted by molar-refractivity contribution is 0.0280. The van der Waals surface area contributed by atoms with Crippen molar-refractivity contribution in [3.8, 4) is 16.5 Å². The maximum atomic E-state index is 12.3. The molecule has 1 aromatic carbocycles. The predicted octanol–water partition coefficient (Wildman–Crippen LogP) is 2.69. The molecule has 26 heavy (non-hydrogen) atoms. The van der Waals surface area contributed by atoms with Crippen LogP contribution in [0.1, 0.15) is 29.3 Å². The monoisotopic (exact) mass is 368 g/mol. The maximum Gasteiger partial charge on any atom is 0.338 e. The van der Waals surface area contributed by atoms with E-state index in [1.807, 2.05) is 17.5 Å². The Morgan fingerprint density at radius 1 is 1.23 bits per heavy atom. The molecule has 0 saturated heterocycles. The normalized spacial score (nSPS) is 12.0. The van der Waals surface area contributed by atoms with Gasteiger partial charge in [0.1, 0.15) is 6.33 Å². The van der Waals surface area contributed by atoms with E-state index in [0.29, 0.717) is 11.5 Å². The Kier molecular flexibility index (Phi) is 4.23. The fraction of sp³-hybridized carbons (Fsp3) is 0.125. The summed E-state index contributed by atoms with van der Waals surface area (Å²) in [5.41, 5.74) is 1.13. The third kappa shape index (κ3) is 3.22. The van der Waals surface area contributed by atoms with E-state index >= 15 is 0 Å². The van der Waals surface area contributed by atoms with Crippen LogP contribution in [0.2, 0.25) is 0 Å². The molecule has 0 unspecified atom stereocenters. The molecule has 3 heterocycles. The van der Waals surface area contributed by atoms with Gasteiger partial charge in [-0.3, -0.25) is 0 Å². The Labute approximate surface area is 151 Å². The van der Waals surface area contributed by atoms with Gasteiger partial charge < -0.3 is 9.15 Å². The van der Waals surface area contributed by atoms with Crippen LogP contribution in [-0.4, -0.2) is 36.4 Å². The van der Waals surface area contributed by atoms with Gasteiger partial charge in [-0.2, -0.15) is 0 Å². The highest BCUT2D eigenvalue weighted by atomic mass is 32.1. The molecule has 0 fully saturated rings. The molecule has 130 valence electrons. The van der Waals surface area contributed by atoms with Crippen molar-refractivity contribution < 1.29 is 13.9 Å². The molecule has 0 spiro atoms. The summed E-state index contributed by atoms with van der Waals surface area (Å²) in [6.45, 7) is 1.68. The molecule has 9 nitrogen and oxygen atoms in total. The van der Waals surface area contributed by atoms with Crippen molar-refractivity contribution in [3.05, 3.63) is 59.6 Å². The lowest BCUT2D eigenvalue weighted by Crippen LogP contribution is -2.09. The zero-order chi connectivity index (χ0) is 17.9. The van der Waals surface area contributed by atoms with Crippen molar-refractivity contribution in [3.63, 3.8) is 0 Å². The number of esters is 1. The second-order valence-corrected chi connectivity index (χ2v) is 6.22. The topological polar surface area (TPSA) is 109 Å². The van der Waals surface area contributed by atoms with Crippen molar-refractivity contribution in [2.45, 2.75) is 13.0 Å². The molecule has 0 aliphatic carbocycles. The van der Waals surface area contributed by atoms with Gasteiger partial charge in [0.2, 0.25) is 0 Å². The van der Waals surface area contributed by atoms with Crippen LogP contribution >= 0.6 is 11.3 Å². The Hall–Kier alpha value is -3.40. The van der Waals surface area contributed by atoms with E-state index in [-0.39, 0.29) is 5.89 Å². The SMILES string of the molecule is C[C@H](OC(=O)c1ccc(-n2cnnn2)cc1)c1nnc(-c2cccs2)o1. The molecule has 0 aliphatic heterocycles. The number of tetrazole rings is 1. The van der Waals surface area contributed by atoms with Crippen molar-refractivity contribution in [2.24, 2.45) is 0 Å². The van der Waals surface area contributed by atoms with E-state index in [0.717, 1.165) is 10.6 Å². The lowest BCUT2D eigenvalue weighted by atomic mass is 10.2.